The zero-order valence-corrected chi connectivity index (χ0v) is 15.0. The van der Waals surface area contributed by atoms with Gasteiger partial charge in [-0.1, -0.05) is 43.5 Å². The Balaban J connectivity index is 1.92. The molecule has 3 rings (SSSR count). The summed E-state index contributed by atoms with van der Waals surface area (Å²) in [6.07, 6.45) is 0.714. The molecular formula is C16H13Br2ClO2. The van der Waals surface area contributed by atoms with Gasteiger partial charge < -0.3 is 9.84 Å². The van der Waals surface area contributed by atoms with Gasteiger partial charge in [-0.2, -0.15) is 0 Å². The lowest BCUT2D eigenvalue weighted by Crippen LogP contribution is -2.04. The summed E-state index contributed by atoms with van der Waals surface area (Å²) in [5, 5.41) is 11.1. The third-order valence-corrected chi connectivity index (χ3v) is 4.85. The molecule has 1 aliphatic heterocycles. The van der Waals surface area contributed by atoms with Gasteiger partial charge in [-0.05, 0) is 41.5 Å². The van der Waals surface area contributed by atoms with Crippen LogP contribution in [0.15, 0.2) is 39.3 Å². The van der Waals surface area contributed by atoms with E-state index in [2.05, 4.69) is 37.9 Å². The highest BCUT2D eigenvalue weighted by molar-refractivity contribution is 9.10. The number of fused-ring (bicyclic) bond motifs is 1. The Kier molecular flexibility index (Phi) is 4.60. The maximum absolute atomic E-state index is 10.5. The van der Waals surface area contributed by atoms with E-state index in [0.717, 1.165) is 32.2 Å². The largest absolute Gasteiger partial charge is 0.493 e. The summed E-state index contributed by atoms with van der Waals surface area (Å²) in [5.74, 6) is 0.906. The third kappa shape index (κ3) is 3.29. The van der Waals surface area contributed by atoms with Gasteiger partial charge in [0.1, 0.15) is 5.75 Å². The van der Waals surface area contributed by atoms with E-state index in [4.69, 9.17) is 16.3 Å². The Morgan fingerprint density at radius 3 is 2.81 bits per heavy atom. The molecule has 2 aromatic carbocycles. The first kappa shape index (κ1) is 15.3. The van der Waals surface area contributed by atoms with Gasteiger partial charge in [0.05, 0.1) is 12.7 Å². The van der Waals surface area contributed by atoms with E-state index in [0.29, 0.717) is 18.1 Å². The van der Waals surface area contributed by atoms with E-state index in [1.165, 1.54) is 5.56 Å². The number of hydrogen-bond donors (Lipinski definition) is 1. The van der Waals surface area contributed by atoms with Crippen LogP contribution in [0.1, 0.15) is 22.8 Å². The van der Waals surface area contributed by atoms with Crippen LogP contribution in [-0.4, -0.2) is 11.7 Å². The first-order valence-corrected chi connectivity index (χ1v) is 8.58. The van der Waals surface area contributed by atoms with Crippen molar-refractivity contribution in [2.75, 3.05) is 6.61 Å². The van der Waals surface area contributed by atoms with Crippen molar-refractivity contribution in [3.05, 3.63) is 61.0 Å². The summed E-state index contributed by atoms with van der Waals surface area (Å²) in [6.45, 7) is 0.701. The molecule has 1 atom stereocenters. The molecule has 1 heterocycles. The van der Waals surface area contributed by atoms with Crippen LogP contribution in [0.2, 0.25) is 5.02 Å². The number of ether oxygens (including phenoxy) is 1. The molecule has 1 aliphatic rings. The van der Waals surface area contributed by atoms with Crippen molar-refractivity contribution >= 4 is 43.5 Å². The zero-order valence-electron chi connectivity index (χ0n) is 11.1. The molecule has 2 aromatic rings. The van der Waals surface area contributed by atoms with Crippen LogP contribution >= 0.6 is 43.5 Å². The lowest BCUT2D eigenvalue weighted by atomic mass is 9.99. The van der Waals surface area contributed by atoms with Gasteiger partial charge in [0.25, 0.3) is 0 Å². The van der Waals surface area contributed by atoms with Gasteiger partial charge in [0.2, 0.25) is 0 Å². The second-order valence-electron chi connectivity index (χ2n) is 5.04. The van der Waals surface area contributed by atoms with Gasteiger partial charge in [-0.25, -0.2) is 0 Å². The Morgan fingerprint density at radius 1 is 1.19 bits per heavy atom. The summed E-state index contributed by atoms with van der Waals surface area (Å²) in [7, 11) is 0. The molecule has 110 valence electrons. The quantitative estimate of drug-likeness (QED) is 0.733. The fraction of sp³-hybridized carbons (Fsp3) is 0.250. The Bertz CT molecular complexity index is 688. The zero-order chi connectivity index (χ0) is 15.0. The fourth-order valence-corrected chi connectivity index (χ4v) is 3.76. The molecule has 1 unspecified atom stereocenters. The van der Waals surface area contributed by atoms with E-state index >= 15 is 0 Å². The highest BCUT2D eigenvalue weighted by Crippen LogP contribution is 2.36. The molecule has 0 bridgehead atoms. The molecule has 1 N–H and O–H groups in total. The van der Waals surface area contributed by atoms with Crippen molar-refractivity contribution < 1.29 is 9.84 Å². The average Bonchev–Trinajstić information content (AvgIpc) is 2.89. The molecule has 0 spiro atoms. The van der Waals surface area contributed by atoms with Crippen molar-refractivity contribution in [1.82, 2.24) is 0 Å². The molecule has 0 fully saturated rings. The van der Waals surface area contributed by atoms with Crippen LogP contribution in [-0.2, 0) is 12.8 Å². The lowest BCUT2D eigenvalue weighted by Gasteiger charge is -2.16. The molecule has 0 amide bonds. The minimum absolute atomic E-state index is 0.470. The predicted molar refractivity (Wildman–Crippen MR) is 91.2 cm³/mol. The van der Waals surface area contributed by atoms with E-state index in [9.17, 15) is 5.11 Å². The highest BCUT2D eigenvalue weighted by Gasteiger charge is 2.21. The summed E-state index contributed by atoms with van der Waals surface area (Å²) >= 11 is 13.1. The van der Waals surface area contributed by atoms with Crippen molar-refractivity contribution in [2.24, 2.45) is 0 Å². The number of halogens is 3. The van der Waals surface area contributed by atoms with Crippen LogP contribution in [0.5, 0.6) is 5.75 Å². The standard InChI is InChI=1S/C16H13Br2ClO2/c17-11-1-2-14(19)13(8-11)15(20)7-10-6-12(18)5-9-3-4-21-16(9)10/h1-2,5-6,8,15,20H,3-4,7H2. The molecule has 21 heavy (non-hydrogen) atoms. The summed E-state index contributed by atoms with van der Waals surface area (Å²) in [4.78, 5) is 0. The summed E-state index contributed by atoms with van der Waals surface area (Å²) < 4.78 is 7.61. The van der Waals surface area contributed by atoms with Crippen molar-refractivity contribution in [1.29, 1.82) is 0 Å². The normalized spacial score (nSPS) is 14.7. The fourth-order valence-electron chi connectivity index (χ4n) is 2.59. The highest BCUT2D eigenvalue weighted by atomic mass is 79.9. The number of benzene rings is 2. The maximum atomic E-state index is 10.5. The first-order valence-electron chi connectivity index (χ1n) is 6.61. The third-order valence-electron chi connectivity index (χ3n) is 3.56. The van der Waals surface area contributed by atoms with Crippen LogP contribution in [0.4, 0.5) is 0 Å². The predicted octanol–water partition coefficient (Wildman–Crippen LogP) is 5.08. The van der Waals surface area contributed by atoms with Crippen LogP contribution in [0, 0.1) is 0 Å². The van der Waals surface area contributed by atoms with Gasteiger partial charge in [0, 0.05) is 32.4 Å². The van der Waals surface area contributed by atoms with Crippen molar-refractivity contribution in [2.45, 2.75) is 18.9 Å². The van der Waals surface area contributed by atoms with Crippen LogP contribution in [0.25, 0.3) is 0 Å². The number of rotatable bonds is 3. The Morgan fingerprint density at radius 2 is 2.00 bits per heavy atom. The number of aliphatic hydroxyl groups is 1. The molecule has 5 heteroatoms. The number of aliphatic hydroxyl groups excluding tert-OH is 1. The smallest absolute Gasteiger partial charge is 0.125 e. The molecule has 0 aromatic heterocycles. The van der Waals surface area contributed by atoms with E-state index in [1.54, 1.807) is 6.07 Å². The molecule has 0 saturated carbocycles. The molecule has 0 radical (unpaired) electrons. The molecule has 0 saturated heterocycles. The second-order valence-corrected chi connectivity index (χ2v) is 7.28. The van der Waals surface area contributed by atoms with Gasteiger partial charge in [0.15, 0.2) is 0 Å². The maximum Gasteiger partial charge on any atom is 0.125 e. The van der Waals surface area contributed by atoms with E-state index < -0.39 is 6.10 Å². The minimum Gasteiger partial charge on any atom is -0.493 e. The molecular weight excluding hydrogens is 419 g/mol. The minimum atomic E-state index is -0.669. The second kappa shape index (κ2) is 6.29. The van der Waals surface area contributed by atoms with E-state index in [1.807, 2.05) is 18.2 Å². The number of hydrogen-bond acceptors (Lipinski definition) is 2. The topological polar surface area (TPSA) is 29.5 Å². The Labute approximate surface area is 145 Å². The average molecular weight is 433 g/mol. The lowest BCUT2D eigenvalue weighted by molar-refractivity contribution is 0.177. The Hall–Kier alpha value is -0.550. The summed E-state index contributed by atoms with van der Waals surface area (Å²) in [5.41, 5.74) is 2.91. The van der Waals surface area contributed by atoms with Crippen molar-refractivity contribution in [3.8, 4) is 5.75 Å². The van der Waals surface area contributed by atoms with E-state index in [-0.39, 0.29) is 0 Å². The van der Waals surface area contributed by atoms with Crippen LogP contribution < -0.4 is 4.74 Å². The summed E-state index contributed by atoms with van der Waals surface area (Å²) in [6, 6.07) is 9.57. The molecule has 0 aliphatic carbocycles. The van der Waals surface area contributed by atoms with Gasteiger partial charge >= 0.3 is 0 Å². The molecule has 2 nitrogen and oxygen atoms in total. The SMILES string of the molecule is OC(Cc1cc(Br)cc2c1OCC2)c1cc(Br)ccc1Cl. The van der Waals surface area contributed by atoms with Crippen LogP contribution in [0.3, 0.4) is 0 Å². The monoisotopic (exact) mass is 430 g/mol. The first-order chi connectivity index (χ1) is 10.0. The van der Waals surface area contributed by atoms with Crippen molar-refractivity contribution in [3.63, 3.8) is 0 Å². The van der Waals surface area contributed by atoms with Gasteiger partial charge in [-0.15, -0.1) is 0 Å². The van der Waals surface area contributed by atoms with Gasteiger partial charge in [-0.3, -0.25) is 0 Å².